The second-order valence-corrected chi connectivity index (χ2v) is 6.88. The summed E-state index contributed by atoms with van der Waals surface area (Å²) in [5.41, 5.74) is 13.2. The molecular weight excluding hydrogens is 316 g/mol. The number of nitrogens with two attached hydrogens (primary N) is 1. The third kappa shape index (κ3) is 1.61. The molecule has 0 aliphatic carbocycles. The lowest BCUT2D eigenvalue weighted by Crippen LogP contribution is -1.89. The van der Waals surface area contributed by atoms with Crippen LogP contribution in [0.1, 0.15) is 0 Å². The number of fused-ring (bicyclic) bond motifs is 6. The molecule has 0 fully saturated rings. The van der Waals surface area contributed by atoms with Gasteiger partial charge in [-0.2, -0.15) is 0 Å². The maximum absolute atomic E-state index is 6.28. The largest absolute Gasteiger partial charge is 0.398 e. The first-order valence-electron chi connectivity index (χ1n) is 8.85. The second kappa shape index (κ2) is 4.77. The first kappa shape index (κ1) is 13.7. The van der Waals surface area contributed by atoms with Gasteiger partial charge in [0, 0.05) is 32.8 Å². The molecule has 0 bridgehead atoms. The van der Waals surface area contributed by atoms with Crippen LogP contribution in [-0.4, -0.2) is 4.40 Å². The van der Waals surface area contributed by atoms with Crippen LogP contribution in [0.25, 0.3) is 49.2 Å². The van der Waals surface area contributed by atoms with Gasteiger partial charge in [-0.05, 0) is 35.9 Å². The number of hydrogen-bond acceptors (Lipinski definition) is 1. The summed E-state index contributed by atoms with van der Waals surface area (Å²) in [5.74, 6) is 0. The van der Waals surface area contributed by atoms with Gasteiger partial charge in [0.1, 0.15) is 0 Å². The maximum Gasteiger partial charge on any atom is 0.0620 e. The Balaban J connectivity index is 1.91. The van der Waals surface area contributed by atoms with E-state index in [2.05, 4.69) is 71.1 Å². The van der Waals surface area contributed by atoms with Crippen molar-refractivity contribution in [3.05, 3.63) is 84.9 Å². The maximum atomic E-state index is 6.28. The lowest BCUT2D eigenvalue weighted by molar-refractivity contribution is 1.37. The monoisotopic (exact) mass is 332 g/mol. The van der Waals surface area contributed by atoms with Crippen LogP contribution < -0.4 is 5.73 Å². The average molecular weight is 332 g/mol. The number of nitrogens with zero attached hydrogens (tertiary/aromatic N) is 1. The van der Waals surface area contributed by atoms with E-state index in [1.807, 2.05) is 18.2 Å². The predicted octanol–water partition coefficient (Wildman–Crippen LogP) is 6.09. The minimum Gasteiger partial charge on any atom is -0.398 e. The van der Waals surface area contributed by atoms with Crippen LogP contribution in [0.2, 0.25) is 0 Å². The molecule has 6 aromatic rings. The smallest absolute Gasteiger partial charge is 0.0620 e. The summed E-state index contributed by atoms with van der Waals surface area (Å²) in [6.45, 7) is 0. The highest BCUT2D eigenvalue weighted by Gasteiger charge is 2.18. The Labute approximate surface area is 150 Å². The van der Waals surface area contributed by atoms with Crippen LogP contribution in [0.15, 0.2) is 84.9 Å². The molecule has 0 radical (unpaired) electrons. The highest BCUT2D eigenvalue weighted by atomic mass is 14.9. The first-order valence-corrected chi connectivity index (χ1v) is 8.85. The summed E-state index contributed by atoms with van der Waals surface area (Å²) < 4.78 is 2.40. The van der Waals surface area contributed by atoms with Crippen molar-refractivity contribution in [1.29, 1.82) is 0 Å². The molecule has 0 spiro atoms. The minimum absolute atomic E-state index is 0.814. The molecule has 0 unspecified atom stereocenters. The van der Waals surface area contributed by atoms with Gasteiger partial charge in [0.05, 0.1) is 16.6 Å². The molecule has 2 heteroatoms. The Morgan fingerprint density at radius 2 is 1.12 bits per heavy atom. The Hall–Kier alpha value is -3.52. The Morgan fingerprint density at radius 1 is 0.577 bits per heavy atom. The van der Waals surface area contributed by atoms with Gasteiger partial charge in [-0.3, -0.25) is 0 Å². The van der Waals surface area contributed by atoms with Gasteiger partial charge in [-0.25, -0.2) is 0 Å². The molecule has 0 amide bonds. The summed E-state index contributed by atoms with van der Waals surface area (Å²) in [7, 11) is 0. The third-order valence-corrected chi connectivity index (χ3v) is 5.48. The van der Waals surface area contributed by atoms with Crippen molar-refractivity contribution in [1.82, 2.24) is 4.40 Å². The molecule has 6 rings (SSSR count). The number of nitrogen functional groups attached to an aromatic ring is 1. The fourth-order valence-corrected chi connectivity index (χ4v) is 4.36. The number of para-hydroxylation sites is 3. The first-order chi connectivity index (χ1) is 12.8. The van der Waals surface area contributed by atoms with E-state index in [4.69, 9.17) is 5.73 Å². The number of benzene rings is 4. The van der Waals surface area contributed by atoms with Crippen molar-refractivity contribution in [3.63, 3.8) is 0 Å². The van der Waals surface area contributed by atoms with Crippen LogP contribution in [0.4, 0.5) is 5.69 Å². The van der Waals surface area contributed by atoms with Crippen LogP contribution in [0.5, 0.6) is 0 Å². The van der Waals surface area contributed by atoms with Crippen LogP contribution in [0.3, 0.4) is 0 Å². The molecule has 2 heterocycles. The molecule has 26 heavy (non-hydrogen) atoms. The Kier molecular flexibility index (Phi) is 2.52. The molecule has 0 atom stereocenters. The van der Waals surface area contributed by atoms with E-state index in [1.165, 1.54) is 43.7 Å². The third-order valence-electron chi connectivity index (χ3n) is 5.48. The molecule has 0 aliphatic heterocycles. The quantitative estimate of drug-likeness (QED) is 0.363. The summed E-state index contributed by atoms with van der Waals surface area (Å²) in [4.78, 5) is 0. The van der Waals surface area contributed by atoms with Crippen molar-refractivity contribution in [3.8, 4) is 11.1 Å². The standard InChI is InChI=1S/C24H16N2/c25-21-10-4-1-7-16(21)15-13-19-17-8-2-5-11-22(17)26-23-12-6-3-9-18(23)20(14-15)24(19)26/h1-14H,25H2. The van der Waals surface area contributed by atoms with E-state index in [0.717, 1.165) is 11.3 Å². The molecule has 4 aromatic carbocycles. The normalized spacial score (nSPS) is 12.0. The molecule has 122 valence electrons. The van der Waals surface area contributed by atoms with Gasteiger partial charge < -0.3 is 10.1 Å². The summed E-state index contributed by atoms with van der Waals surface area (Å²) >= 11 is 0. The van der Waals surface area contributed by atoms with Crippen molar-refractivity contribution in [2.45, 2.75) is 0 Å². The highest BCUT2D eigenvalue weighted by molar-refractivity contribution is 6.24. The molecule has 2 N–H and O–H groups in total. The number of anilines is 1. The summed E-state index contributed by atoms with van der Waals surface area (Å²) in [5, 5.41) is 5.14. The Bertz CT molecular complexity index is 1360. The zero-order chi connectivity index (χ0) is 17.3. The zero-order valence-electron chi connectivity index (χ0n) is 14.1. The number of rotatable bonds is 1. The highest BCUT2D eigenvalue weighted by Crippen LogP contribution is 2.42. The van der Waals surface area contributed by atoms with Gasteiger partial charge >= 0.3 is 0 Å². The Morgan fingerprint density at radius 3 is 1.73 bits per heavy atom. The van der Waals surface area contributed by atoms with Gasteiger partial charge in [-0.1, -0.05) is 54.6 Å². The molecule has 0 aliphatic rings. The van der Waals surface area contributed by atoms with Crippen molar-refractivity contribution >= 4 is 43.8 Å². The van der Waals surface area contributed by atoms with Crippen LogP contribution in [-0.2, 0) is 0 Å². The summed E-state index contributed by atoms with van der Waals surface area (Å²) in [6, 6.07) is 30.0. The van der Waals surface area contributed by atoms with Gasteiger partial charge in [0.15, 0.2) is 0 Å². The molecule has 2 aromatic heterocycles. The molecule has 2 nitrogen and oxygen atoms in total. The molecule has 0 saturated carbocycles. The van der Waals surface area contributed by atoms with Gasteiger partial charge in [-0.15, -0.1) is 0 Å². The fourth-order valence-electron chi connectivity index (χ4n) is 4.36. The summed E-state index contributed by atoms with van der Waals surface area (Å²) in [6.07, 6.45) is 0. The molecule has 0 saturated heterocycles. The number of aromatic nitrogens is 1. The van der Waals surface area contributed by atoms with E-state index in [0.29, 0.717) is 0 Å². The van der Waals surface area contributed by atoms with E-state index in [-0.39, 0.29) is 0 Å². The van der Waals surface area contributed by atoms with Crippen molar-refractivity contribution in [2.75, 3.05) is 5.73 Å². The fraction of sp³-hybridized carbons (Fsp3) is 0. The van der Waals surface area contributed by atoms with E-state index in [9.17, 15) is 0 Å². The average Bonchev–Trinajstić information content (AvgIpc) is 3.19. The lowest BCUT2D eigenvalue weighted by atomic mass is 9.98. The van der Waals surface area contributed by atoms with Crippen molar-refractivity contribution < 1.29 is 0 Å². The van der Waals surface area contributed by atoms with Gasteiger partial charge in [0.2, 0.25) is 0 Å². The second-order valence-electron chi connectivity index (χ2n) is 6.88. The van der Waals surface area contributed by atoms with Crippen LogP contribution in [0, 0.1) is 0 Å². The van der Waals surface area contributed by atoms with Gasteiger partial charge in [0.25, 0.3) is 0 Å². The minimum atomic E-state index is 0.814. The van der Waals surface area contributed by atoms with E-state index in [1.54, 1.807) is 0 Å². The molecular formula is C24H16N2. The van der Waals surface area contributed by atoms with Crippen molar-refractivity contribution in [2.24, 2.45) is 0 Å². The topological polar surface area (TPSA) is 30.4 Å². The van der Waals surface area contributed by atoms with E-state index >= 15 is 0 Å². The van der Waals surface area contributed by atoms with Crippen LogP contribution >= 0.6 is 0 Å². The predicted molar refractivity (Wildman–Crippen MR) is 111 cm³/mol. The SMILES string of the molecule is Nc1ccccc1-c1cc2c3ccccc3n3c4ccccc4c(c1)c23. The number of hydrogen-bond donors (Lipinski definition) is 1. The lowest BCUT2D eigenvalue weighted by Gasteiger charge is -2.07. The van der Waals surface area contributed by atoms with E-state index < -0.39 is 0 Å². The zero-order valence-corrected chi connectivity index (χ0v) is 14.1.